The van der Waals surface area contributed by atoms with Gasteiger partial charge in [0.2, 0.25) is 17.7 Å². The predicted octanol–water partition coefficient (Wildman–Crippen LogP) is 3.92. The standard InChI is InChI=1S/C33H42N4O5S/c1-3-5-6-15-30(38)35-19-20-37(32(40)4-2)21-23-43-22-16-31(39)34-17-18-36-33(41)42-24-29-27-13-9-7-11-25(27)26-12-8-10-14-28(26)29/h1,7-14,29H,4-6,15-24H2,2H3,(H,34,39)(H,35,38)(H,36,41). The Bertz CT molecular complexity index is 1230. The van der Waals surface area contributed by atoms with Crippen LogP contribution in [0, 0.1) is 12.3 Å². The van der Waals surface area contributed by atoms with Gasteiger partial charge in [-0.2, -0.15) is 11.8 Å². The van der Waals surface area contributed by atoms with E-state index in [9.17, 15) is 19.2 Å². The van der Waals surface area contributed by atoms with Gasteiger partial charge in [-0.25, -0.2) is 4.79 Å². The van der Waals surface area contributed by atoms with Gasteiger partial charge in [0.25, 0.3) is 0 Å². The molecule has 2 aromatic rings. The lowest BCUT2D eigenvalue weighted by Crippen LogP contribution is -2.39. The van der Waals surface area contributed by atoms with Crippen LogP contribution in [0.1, 0.15) is 56.1 Å². The highest BCUT2D eigenvalue weighted by Crippen LogP contribution is 2.44. The Morgan fingerprint density at radius 2 is 1.49 bits per heavy atom. The van der Waals surface area contributed by atoms with Crippen molar-refractivity contribution in [2.24, 2.45) is 0 Å². The first kappa shape index (κ1) is 33.5. The molecule has 1 aliphatic rings. The normalized spacial score (nSPS) is 11.5. The number of alkyl carbamates (subject to hydrolysis) is 1. The van der Waals surface area contributed by atoms with Crippen molar-refractivity contribution in [2.45, 2.75) is 44.9 Å². The van der Waals surface area contributed by atoms with Gasteiger partial charge in [-0.3, -0.25) is 14.4 Å². The van der Waals surface area contributed by atoms with E-state index in [1.165, 1.54) is 11.1 Å². The largest absolute Gasteiger partial charge is 0.449 e. The Hall–Kier alpha value is -3.97. The summed E-state index contributed by atoms with van der Waals surface area (Å²) in [5.41, 5.74) is 4.66. The topological polar surface area (TPSA) is 117 Å². The number of unbranched alkanes of at least 4 members (excludes halogenated alkanes) is 1. The lowest BCUT2D eigenvalue weighted by Gasteiger charge is -2.22. The molecule has 0 aliphatic heterocycles. The van der Waals surface area contributed by atoms with E-state index in [4.69, 9.17) is 11.2 Å². The number of nitrogens with one attached hydrogen (secondary N) is 3. The molecule has 230 valence electrons. The lowest BCUT2D eigenvalue weighted by molar-refractivity contribution is -0.131. The van der Waals surface area contributed by atoms with Crippen LogP contribution in [-0.4, -0.2) is 79.6 Å². The summed E-state index contributed by atoms with van der Waals surface area (Å²) in [6.07, 6.45) is 7.03. The molecular formula is C33H42N4O5S. The van der Waals surface area contributed by atoms with Crippen LogP contribution >= 0.6 is 11.8 Å². The molecule has 0 fully saturated rings. The van der Waals surface area contributed by atoms with Gasteiger partial charge in [0.05, 0.1) is 0 Å². The van der Waals surface area contributed by atoms with Crippen LogP contribution in [0.4, 0.5) is 4.79 Å². The van der Waals surface area contributed by atoms with Crippen LogP contribution in [0.25, 0.3) is 11.1 Å². The molecule has 43 heavy (non-hydrogen) atoms. The molecule has 1 aliphatic carbocycles. The Labute approximate surface area is 258 Å². The number of hydrogen-bond donors (Lipinski definition) is 3. The first-order chi connectivity index (χ1) is 20.9. The van der Waals surface area contributed by atoms with Crippen molar-refractivity contribution in [1.29, 1.82) is 0 Å². The molecule has 4 amide bonds. The summed E-state index contributed by atoms with van der Waals surface area (Å²) in [6, 6.07) is 16.3. The van der Waals surface area contributed by atoms with Gasteiger partial charge in [-0.15, -0.1) is 12.3 Å². The number of ether oxygens (including phenoxy) is 1. The molecule has 3 N–H and O–H groups in total. The molecule has 0 saturated heterocycles. The van der Waals surface area contributed by atoms with Crippen LogP contribution in [0.15, 0.2) is 48.5 Å². The summed E-state index contributed by atoms with van der Waals surface area (Å²) in [7, 11) is 0. The fraction of sp³-hybridized carbons (Fsp3) is 0.455. The second-order valence-corrected chi connectivity index (χ2v) is 11.3. The number of rotatable bonds is 18. The zero-order valence-electron chi connectivity index (χ0n) is 24.9. The molecule has 0 saturated carbocycles. The van der Waals surface area contributed by atoms with Crippen molar-refractivity contribution in [1.82, 2.24) is 20.9 Å². The number of fused-ring (bicyclic) bond motifs is 3. The van der Waals surface area contributed by atoms with E-state index < -0.39 is 6.09 Å². The zero-order chi connectivity index (χ0) is 30.9. The second kappa shape index (κ2) is 18.5. The Kier molecular flexibility index (Phi) is 14.5. The van der Waals surface area contributed by atoms with Crippen molar-refractivity contribution in [2.75, 3.05) is 50.8 Å². The van der Waals surface area contributed by atoms with Crippen LogP contribution in [-0.2, 0) is 19.1 Å². The van der Waals surface area contributed by atoms with E-state index in [1.54, 1.807) is 16.7 Å². The Balaban J connectivity index is 1.24. The van der Waals surface area contributed by atoms with E-state index in [0.29, 0.717) is 69.8 Å². The van der Waals surface area contributed by atoms with Crippen LogP contribution in [0.5, 0.6) is 0 Å². The van der Waals surface area contributed by atoms with Gasteiger partial charge in [0.15, 0.2) is 0 Å². The molecule has 0 atom stereocenters. The number of amides is 4. The number of benzene rings is 2. The Morgan fingerprint density at radius 1 is 0.860 bits per heavy atom. The lowest BCUT2D eigenvalue weighted by atomic mass is 9.98. The minimum Gasteiger partial charge on any atom is -0.449 e. The molecule has 9 nitrogen and oxygen atoms in total. The number of hydrogen-bond acceptors (Lipinski definition) is 6. The van der Waals surface area contributed by atoms with Crippen LogP contribution in [0.3, 0.4) is 0 Å². The third-order valence-corrected chi connectivity index (χ3v) is 8.09. The molecule has 0 spiro atoms. The number of terminal acetylenes is 1. The minimum atomic E-state index is -0.513. The molecular weight excluding hydrogens is 564 g/mol. The second-order valence-electron chi connectivity index (χ2n) is 10.1. The molecule has 3 rings (SSSR count). The summed E-state index contributed by atoms with van der Waals surface area (Å²) < 4.78 is 5.52. The highest BCUT2D eigenvalue weighted by atomic mass is 32.2. The van der Waals surface area contributed by atoms with Crippen molar-refractivity contribution in [3.63, 3.8) is 0 Å². The van der Waals surface area contributed by atoms with Gasteiger partial charge in [-0.05, 0) is 28.7 Å². The van der Waals surface area contributed by atoms with E-state index in [1.807, 2.05) is 31.2 Å². The van der Waals surface area contributed by atoms with Crippen LogP contribution in [0.2, 0.25) is 0 Å². The number of thioether (sulfide) groups is 1. The highest BCUT2D eigenvalue weighted by molar-refractivity contribution is 7.99. The fourth-order valence-electron chi connectivity index (χ4n) is 4.90. The van der Waals surface area contributed by atoms with Gasteiger partial charge < -0.3 is 25.6 Å². The summed E-state index contributed by atoms with van der Waals surface area (Å²) in [5, 5.41) is 8.34. The van der Waals surface area contributed by atoms with Crippen LogP contribution < -0.4 is 16.0 Å². The average Bonchev–Trinajstić information content (AvgIpc) is 3.34. The van der Waals surface area contributed by atoms with E-state index >= 15 is 0 Å². The first-order valence-corrected chi connectivity index (χ1v) is 16.0. The van der Waals surface area contributed by atoms with Gasteiger partial charge in [0, 0.05) is 75.8 Å². The molecule has 10 heteroatoms. The number of nitrogens with zero attached hydrogens (tertiary/aromatic N) is 1. The summed E-state index contributed by atoms with van der Waals surface area (Å²) in [6.45, 7) is 4.03. The number of carbonyl (C=O) groups excluding carboxylic acids is 4. The van der Waals surface area contributed by atoms with Crippen molar-refractivity contribution in [3.05, 3.63) is 59.7 Å². The summed E-state index contributed by atoms with van der Waals surface area (Å²) in [5.74, 6) is 3.69. The third kappa shape index (κ3) is 11.0. The molecule has 0 aromatic heterocycles. The van der Waals surface area contributed by atoms with E-state index in [-0.39, 0.29) is 36.8 Å². The number of carbonyl (C=O) groups is 4. The summed E-state index contributed by atoms with van der Waals surface area (Å²) >= 11 is 1.59. The minimum absolute atomic E-state index is 0.00192. The van der Waals surface area contributed by atoms with Gasteiger partial charge in [0.1, 0.15) is 6.61 Å². The van der Waals surface area contributed by atoms with Crippen molar-refractivity contribution in [3.8, 4) is 23.5 Å². The maximum absolute atomic E-state index is 12.3. The average molecular weight is 607 g/mol. The highest BCUT2D eigenvalue weighted by Gasteiger charge is 2.28. The maximum Gasteiger partial charge on any atom is 0.407 e. The van der Waals surface area contributed by atoms with E-state index in [0.717, 1.165) is 11.1 Å². The quantitative estimate of drug-likeness (QED) is 0.175. The van der Waals surface area contributed by atoms with Gasteiger partial charge in [-0.1, -0.05) is 55.5 Å². The fourth-order valence-corrected chi connectivity index (χ4v) is 5.78. The summed E-state index contributed by atoms with van der Waals surface area (Å²) in [4.78, 5) is 50.3. The molecule has 0 unspecified atom stereocenters. The molecule has 2 aromatic carbocycles. The maximum atomic E-state index is 12.3. The SMILES string of the molecule is C#CCCCC(=O)NCCN(CCSCCC(=O)NCCNC(=O)OCC1c2ccccc2-c2ccccc21)C(=O)CC. The third-order valence-electron chi connectivity index (χ3n) is 7.12. The molecule has 0 bridgehead atoms. The molecule has 0 heterocycles. The first-order valence-electron chi connectivity index (χ1n) is 14.9. The van der Waals surface area contributed by atoms with E-state index in [2.05, 4.69) is 46.1 Å². The Morgan fingerprint density at radius 3 is 2.16 bits per heavy atom. The van der Waals surface area contributed by atoms with Crippen molar-refractivity contribution < 1.29 is 23.9 Å². The smallest absolute Gasteiger partial charge is 0.407 e. The monoisotopic (exact) mass is 606 g/mol. The van der Waals surface area contributed by atoms with Crippen molar-refractivity contribution >= 4 is 35.6 Å². The molecule has 0 radical (unpaired) electrons. The van der Waals surface area contributed by atoms with Gasteiger partial charge >= 0.3 is 6.09 Å². The zero-order valence-corrected chi connectivity index (χ0v) is 25.7. The predicted molar refractivity (Wildman–Crippen MR) is 171 cm³/mol.